The third kappa shape index (κ3) is 3.41. The van der Waals surface area contributed by atoms with Gasteiger partial charge in [0.05, 0.1) is 17.8 Å². The predicted octanol–water partition coefficient (Wildman–Crippen LogP) is -0.0177. The quantitative estimate of drug-likeness (QED) is 0.534. The van der Waals surface area contributed by atoms with E-state index in [1.165, 1.54) is 23.8 Å². The molecule has 0 aliphatic carbocycles. The molecule has 10 nitrogen and oxygen atoms in total. The van der Waals surface area contributed by atoms with Crippen LogP contribution in [0.1, 0.15) is 23.1 Å². The molecule has 2 aromatic rings. The van der Waals surface area contributed by atoms with E-state index in [1.54, 1.807) is 13.2 Å². The maximum absolute atomic E-state index is 13.5. The summed E-state index contributed by atoms with van der Waals surface area (Å²) in [5.74, 6) is -2.24. The summed E-state index contributed by atoms with van der Waals surface area (Å²) in [5, 5.41) is 9.55. The minimum atomic E-state index is -1.61. The molecule has 1 fully saturated rings. The Morgan fingerprint density at radius 3 is 2.64 bits per heavy atom. The highest BCUT2D eigenvalue weighted by Gasteiger charge is 2.50. The van der Waals surface area contributed by atoms with Crippen LogP contribution in [-0.4, -0.2) is 39.8 Å². The highest BCUT2D eigenvalue weighted by Crippen LogP contribution is 2.23. The summed E-state index contributed by atoms with van der Waals surface area (Å²) in [6.45, 7) is 0.909. The minimum absolute atomic E-state index is 0.00341. The molecular weight excluding hydrogens is 371 g/mol. The number of halogens is 1. The monoisotopic (exact) mass is 388 g/mol. The van der Waals surface area contributed by atoms with Gasteiger partial charge in [-0.2, -0.15) is 0 Å². The van der Waals surface area contributed by atoms with Crippen LogP contribution >= 0.6 is 0 Å². The Morgan fingerprint density at radius 2 is 2.07 bits per heavy atom. The van der Waals surface area contributed by atoms with E-state index >= 15 is 0 Å². The van der Waals surface area contributed by atoms with E-state index in [0.717, 1.165) is 12.1 Å². The first-order valence-electron chi connectivity index (χ1n) is 8.19. The van der Waals surface area contributed by atoms with Crippen molar-refractivity contribution < 1.29 is 23.6 Å². The Morgan fingerprint density at radius 1 is 1.32 bits per heavy atom. The number of carbonyl (C=O) groups is 4. The Kier molecular flexibility index (Phi) is 4.82. The second kappa shape index (κ2) is 7.10. The zero-order valence-corrected chi connectivity index (χ0v) is 15.0. The number of amides is 5. The van der Waals surface area contributed by atoms with Crippen LogP contribution in [0.2, 0.25) is 0 Å². The molecular formula is C17H17FN6O4. The standard InChI is InChI=1S/C17H17FN6O4/c1-9(25)21-12-7-10(18)3-4-11(12)13(26)20-8-17(14-19-5-6-24(14)2)15(27)22-16(28)23-17/h3-7H,8H2,1-2H3,(H,20,26)(H,21,25)(H2,22,23,27,28). The molecule has 1 aromatic heterocycles. The molecule has 146 valence electrons. The first kappa shape index (κ1) is 19.0. The molecule has 4 N–H and O–H groups in total. The summed E-state index contributed by atoms with van der Waals surface area (Å²) in [4.78, 5) is 52.2. The van der Waals surface area contributed by atoms with Crippen LogP contribution in [0.15, 0.2) is 30.6 Å². The molecule has 11 heteroatoms. The normalized spacial score (nSPS) is 18.4. The molecule has 5 amide bonds. The van der Waals surface area contributed by atoms with Crippen molar-refractivity contribution in [3.63, 3.8) is 0 Å². The van der Waals surface area contributed by atoms with Crippen LogP contribution in [0.5, 0.6) is 0 Å². The number of nitrogens with one attached hydrogen (secondary N) is 4. The highest BCUT2D eigenvalue weighted by molar-refractivity contribution is 6.08. The topological polar surface area (TPSA) is 134 Å². The van der Waals surface area contributed by atoms with Gasteiger partial charge < -0.3 is 20.5 Å². The highest BCUT2D eigenvalue weighted by atomic mass is 19.1. The van der Waals surface area contributed by atoms with Gasteiger partial charge in [0, 0.05) is 26.4 Å². The zero-order valence-electron chi connectivity index (χ0n) is 15.0. The minimum Gasteiger partial charge on any atom is -0.349 e. The molecule has 1 unspecified atom stereocenters. The van der Waals surface area contributed by atoms with Crippen molar-refractivity contribution >= 4 is 29.4 Å². The van der Waals surface area contributed by atoms with Crippen molar-refractivity contribution in [3.8, 4) is 0 Å². The van der Waals surface area contributed by atoms with Gasteiger partial charge in [0.25, 0.3) is 11.8 Å². The second-order valence-electron chi connectivity index (χ2n) is 6.23. The van der Waals surface area contributed by atoms with Crippen molar-refractivity contribution in [1.29, 1.82) is 0 Å². The molecule has 1 aromatic carbocycles. The lowest BCUT2D eigenvalue weighted by Gasteiger charge is -2.26. The van der Waals surface area contributed by atoms with E-state index in [9.17, 15) is 23.6 Å². The zero-order chi connectivity index (χ0) is 20.5. The molecule has 0 bridgehead atoms. The van der Waals surface area contributed by atoms with Crippen molar-refractivity contribution in [2.45, 2.75) is 12.5 Å². The first-order chi connectivity index (χ1) is 13.2. The smallest absolute Gasteiger partial charge is 0.322 e. The van der Waals surface area contributed by atoms with Crippen LogP contribution in [-0.2, 0) is 22.2 Å². The number of imide groups is 1. The van der Waals surface area contributed by atoms with Gasteiger partial charge in [-0.3, -0.25) is 19.7 Å². The number of aromatic nitrogens is 2. The van der Waals surface area contributed by atoms with Crippen molar-refractivity contribution in [3.05, 3.63) is 47.8 Å². The lowest BCUT2D eigenvalue weighted by Crippen LogP contribution is -2.54. The second-order valence-corrected chi connectivity index (χ2v) is 6.23. The molecule has 1 aliphatic rings. The molecule has 2 heterocycles. The number of hydrogen-bond donors (Lipinski definition) is 4. The Labute approximate surface area is 158 Å². The maximum Gasteiger partial charge on any atom is 0.322 e. The number of nitrogens with zero attached hydrogens (tertiary/aromatic N) is 2. The Bertz CT molecular complexity index is 988. The summed E-state index contributed by atoms with van der Waals surface area (Å²) in [5.41, 5.74) is -1.63. The largest absolute Gasteiger partial charge is 0.349 e. The summed E-state index contributed by atoms with van der Waals surface area (Å²) in [6.07, 6.45) is 3.04. The van der Waals surface area contributed by atoms with Gasteiger partial charge >= 0.3 is 6.03 Å². The first-order valence-corrected chi connectivity index (χ1v) is 8.19. The average Bonchev–Trinajstić information content (AvgIpc) is 3.15. The number of imidazole rings is 1. The number of urea groups is 1. The fourth-order valence-electron chi connectivity index (χ4n) is 2.95. The van der Waals surface area contributed by atoms with Gasteiger partial charge in [-0.1, -0.05) is 0 Å². The van der Waals surface area contributed by atoms with Crippen LogP contribution in [0, 0.1) is 5.82 Å². The van der Waals surface area contributed by atoms with E-state index in [-0.39, 0.29) is 23.6 Å². The van der Waals surface area contributed by atoms with E-state index in [0.29, 0.717) is 0 Å². The third-order valence-corrected chi connectivity index (χ3v) is 4.20. The summed E-state index contributed by atoms with van der Waals surface area (Å²) < 4.78 is 15.0. The molecule has 28 heavy (non-hydrogen) atoms. The average molecular weight is 388 g/mol. The van der Waals surface area contributed by atoms with Crippen molar-refractivity contribution in [2.75, 3.05) is 11.9 Å². The van der Waals surface area contributed by atoms with E-state index in [1.807, 2.05) is 0 Å². The number of hydrogen-bond acceptors (Lipinski definition) is 5. The van der Waals surface area contributed by atoms with Crippen molar-refractivity contribution in [2.24, 2.45) is 7.05 Å². The van der Waals surface area contributed by atoms with Gasteiger partial charge in [0.2, 0.25) is 5.91 Å². The molecule has 1 aliphatic heterocycles. The molecule has 0 radical (unpaired) electrons. The number of benzene rings is 1. The number of aryl methyl sites for hydroxylation is 1. The molecule has 1 atom stereocenters. The lowest BCUT2D eigenvalue weighted by molar-refractivity contribution is -0.124. The number of anilines is 1. The Balaban J connectivity index is 1.88. The van der Waals surface area contributed by atoms with Gasteiger partial charge in [-0.25, -0.2) is 14.2 Å². The van der Waals surface area contributed by atoms with Crippen LogP contribution in [0.25, 0.3) is 0 Å². The summed E-state index contributed by atoms with van der Waals surface area (Å²) in [6, 6.07) is 2.56. The van der Waals surface area contributed by atoms with E-state index in [2.05, 4.69) is 26.3 Å². The van der Waals surface area contributed by atoms with E-state index < -0.39 is 35.1 Å². The van der Waals surface area contributed by atoms with Gasteiger partial charge in [-0.15, -0.1) is 0 Å². The fraction of sp³-hybridized carbons (Fsp3) is 0.235. The SMILES string of the molecule is CC(=O)Nc1cc(F)ccc1C(=O)NCC1(c2nccn2C)NC(=O)NC1=O. The number of carbonyl (C=O) groups excluding carboxylic acids is 4. The summed E-state index contributed by atoms with van der Waals surface area (Å²) >= 11 is 0. The molecule has 3 rings (SSSR count). The van der Waals surface area contributed by atoms with Gasteiger partial charge in [0.15, 0.2) is 5.54 Å². The van der Waals surface area contributed by atoms with E-state index in [4.69, 9.17) is 0 Å². The molecule has 1 saturated heterocycles. The van der Waals surface area contributed by atoms with Crippen LogP contribution in [0.3, 0.4) is 0 Å². The van der Waals surface area contributed by atoms with Crippen LogP contribution < -0.4 is 21.3 Å². The third-order valence-electron chi connectivity index (χ3n) is 4.20. The predicted molar refractivity (Wildman–Crippen MR) is 94.6 cm³/mol. The van der Waals surface area contributed by atoms with Crippen molar-refractivity contribution in [1.82, 2.24) is 25.5 Å². The van der Waals surface area contributed by atoms with Crippen LogP contribution in [0.4, 0.5) is 14.9 Å². The van der Waals surface area contributed by atoms with Gasteiger partial charge in [0.1, 0.15) is 11.6 Å². The molecule has 0 spiro atoms. The lowest BCUT2D eigenvalue weighted by atomic mass is 9.98. The summed E-state index contributed by atoms with van der Waals surface area (Å²) in [7, 11) is 1.64. The fourth-order valence-corrected chi connectivity index (χ4v) is 2.95. The van der Waals surface area contributed by atoms with Gasteiger partial charge in [-0.05, 0) is 18.2 Å². The maximum atomic E-state index is 13.5. The number of rotatable bonds is 5. The molecule has 0 saturated carbocycles. The Hall–Kier alpha value is -3.76.